The van der Waals surface area contributed by atoms with Gasteiger partial charge in [-0.15, -0.1) is 0 Å². The van der Waals surface area contributed by atoms with Crippen molar-refractivity contribution in [2.45, 2.75) is 59.5 Å². The van der Waals surface area contributed by atoms with Gasteiger partial charge in [0.1, 0.15) is 17.6 Å². The molecule has 0 saturated heterocycles. The number of benzene rings is 1. The second-order valence-corrected chi connectivity index (χ2v) is 9.38. The summed E-state index contributed by atoms with van der Waals surface area (Å²) in [5.41, 5.74) is 6.46. The predicted octanol–water partition coefficient (Wildman–Crippen LogP) is 3.75. The summed E-state index contributed by atoms with van der Waals surface area (Å²) in [5, 5.41) is 4.26. The number of rotatable bonds is 6. The second-order valence-electron chi connectivity index (χ2n) is 9.38. The van der Waals surface area contributed by atoms with Gasteiger partial charge in [0.25, 0.3) is 5.91 Å². The number of hydrogen-bond acceptors (Lipinski definition) is 3. The Kier molecular flexibility index (Phi) is 6.21. The highest BCUT2D eigenvalue weighted by Crippen LogP contribution is 2.37. The van der Waals surface area contributed by atoms with Crippen LogP contribution in [-0.2, 0) is 11.8 Å². The minimum atomic E-state index is -1.05. The Labute approximate surface area is 171 Å². The first-order valence-electron chi connectivity index (χ1n) is 9.62. The van der Waals surface area contributed by atoms with Crippen molar-refractivity contribution in [3.8, 4) is 0 Å². The van der Waals surface area contributed by atoms with Crippen LogP contribution in [0.2, 0.25) is 0 Å². The summed E-state index contributed by atoms with van der Waals surface area (Å²) in [5.74, 6) is -1.45. The molecule has 0 aliphatic heterocycles. The molecule has 6 nitrogen and oxygen atoms in total. The first kappa shape index (κ1) is 22.6. The van der Waals surface area contributed by atoms with Gasteiger partial charge in [-0.2, -0.15) is 5.10 Å². The fraction of sp³-hybridized carbons (Fsp3) is 0.500. The zero-order valence-corrected chi connectivity index (χ0v) is 18.3. The number of primary amides is 1. The first-order valence-corrected chi connectivity index (χ1v) is 9.62. The van der Waals surface area contributed by atoms with Gasteiger partial charge in [0.05, 0.1) is 5.69 Å². The number of nitrogens with two attached hydrogens (primary N) is 1. The van der Waals surface area contributed by atoms with Crippen LogP contribution < -0.4 is 5.73 Å². The van der Waals surface area contributed by atoms with Crippen molar-refractivity contribution in [1.82, 2.24) is 14.7 Å². The number of carbonyl (C=O) groups is 2. The molecule has 2 amide bonds. The lowest BCUT2D eigenvalue weighted by Gasteiger charge is -2.45. The number of hydrogen-bond donors (Lipinski definition) is 1. The third-order valence-electron chi connectivity index (χ3n) is 4.77. The van der Waals surface area contributed by atoms with E-state index in [9.17, 15) is 14.0 Å². The molecule has 0 fully saturated rings. The van der Waals surface area contributed by atoms with Crippen LogP contribution in [0.4, 0.5) is 4.39 Å². The molecule has 2 rings (SSSR count). The van der Waals surface area contributed by atoms with Crippen LogP contribution in [-0.4, -0.2) is 32.0 Å². The molecule has 1 atom stereocenters. The number of amides is 2. The molecule has 0 radical (unpaired) electrons. The van der Waals surface area contributed by atoms with Crippen molar-refractivity contribution in [2.75, 3.05) is 0 Å². The molecule has 0 spiro atoms. The summed E-state index contributed by atoms with van der Waals surface area (Å²) in [6.45, 7) is 11.8. The van der Waals surface area contributed by atoms with Crippen molar-refractivity contribution >= 4 is 11.8 Å². The molecule has 0 bridgehead atoms. The minimum Gasteiger partial charge on any atom is -0.368 e. The number of nitrogens with zero attached hydrogens (tertiary/aromatic N) is 3. The van der Waals surface area contributed by atoms with E-state index in [0.717, 1.165) is 0 Å². The van der Waals surface area contributed by atoms with Crippen molar-refractivity contribution in [2.24, 2.45) is 18.2 Å². The van der Waals surface area contributed by atoms with E-state index in [1.54, 1.807) is 20.0 Å². The molecule has 0 aliphatic carbocycles. The SMILES string of the molecule is Cc1cc(C(=O)N(C(C(N)=O)c2ccc(F)cc2)C(C)(C)CC(C)(C)C)n(C)n1. The summed E-state index contributed by atoms with van der Waals surface area (Å²) in [7, 11) is 1.69. The van der Waals surface area contributed by atoms with Gasteiger partial charge in [-0.3, -0.25) is 14.3 Å². The fourth-order valence-electron chi connectivity index (χ4n) is 4.14. The van der Waals surface area contributed by atoms with E-state index in [2.05, 4.69) is 25.9 Å². The lowest BCUT2D eigenvalue weighted by Crippen LogP contribution is -2.54. The Balaban J connectivity index is 2.66. The van der Waals surface area contributed by atoms with E-state index < -0.39 is 23.3 Å². The molecular formula is C22H31FN4O2. The molecule has 158 valence electrons. The average Bonchev–Trinajstić information content (AvgIpc) is 2.88. The van der Waals surface area contributed by atoms with Gasteiger partial charge in [0, 0.05) is 12.6 Å². The summed E-state index contributed by atoms with van der Waals surface area (Å²) in [6.07, 6.45) is 0.619. The van der Waals surface area contributed by atoms with Crippen LogP contribution in [0.3, 0.4) is 0 Å². The highest BCUT2D eigenvalue weighted by Gasteiger charge is 2.43. The summed E-state index contributed by atoms with van der Waals surface area (Å²) in [6, 6.07) is 6.15. The summed E-state index contributed by atoms with van der Waals surface area (Å²) >= 11 is 0. The largest absolute Gasteiger partial charge is 0.368 e. The maximum absolute atomic E-state index is 13.7. The van der Waals surface area contributed by atoms with Crippen molar-refractivity contribution in [3.63, 3.8) is 0 Å². The zero-order chi connectivity index (χ0) is 22.1. The monoisotopic (exact) mass is 402 g/mol. The Morgan fingerprint density at radius 1 is 1.17 bits per heavy atom. The molecule has 1 heterocycles. The molecular weight excluding hydrogens is 371 g/mol. The van der Waals surface area contributed by atoms with Crippen LogP contribution in [0.1, 0.15) is 68.8 Å². The van der Waals surface area contributed by atoms with E-state index in [1.165, 1.54) is 33.8 Å². The first-order chi connectivity index (χ1) is 13.2. The quantitative estimate of drug-likeness (QED) is 0.799. The van der Waals surface area contributed by atoms with Crippen LogP contribution in [0, 0.1) is 18.2 Å². The number of halogens is 1. The Bertz CT molecular complexity index is 895. The smallest absolute Gasteiger partial charge is 0.273 e. The van der Waals surface area contributed by atoms with Gasteiger partial charge < -0.3 is 10.6 Å². The Hall–Kier alpha value is -2.70. The van der Waals surface area contributed by atoms with Crippen molar-refractivity contribution in [1.29, 1.82) is 0 Å². The Morgan fingerprint density at radius 3 is 2.14 bits per heavy atom. The van der Waals surface area contributed by atoms with Crippen LogP contribution >= 0.6 is 0 Å². The fourth-order valence-corrected chi connectivity index (χ4v) is 4.14. The van der Waals surface area contributed by atoms with Gasteiger partial charge in [0.15, 0.2) is 0 Å². The maximum Gasteiger partial charge on any atom is 0.273 e. The normalized spacial score (nSPS) is 13.2. The van der Waals surface area contributed by atoms with Gasteiger partial charge in [-0.05, 0) is 56.4 Å². The van der Waals surface area contributed by atoms with Gasteiger partial charge in [-0.1, -0.05) is 32.9 Å². The van der Waals surface area contributed by atoms with Crippen molar-refractivity contribution in [3.05, 3.63) is 53.1 Å². The number of aromatic nitrogens is 2. The third-order valence-corrected chi connectivity index (χ3v) is 4.77. The molecule has 1 unspecified atom stereocenters. The topological polar surface area (TPSA) is 81.2 Å². The van der Waals surface area contributed by atoms with E-state index >= 15 is 0 Å². The average molecular weight is 403 g/mol. The van der Waals surface area contributed by atoms with E-state index in [-0.39, 0.29) is 11.3 Å². The van der Waals surface area contributed by atoms with E-state index in [4.69, 9.17) is 5.73 Å². The summed E-state index contributed by atoms with van der Waals surface area (Å²) in [4.78, 5) is 27.8. The lowest BCUT2D eigenvalue weighted by molar-refractivity contribution is -0.125. The molecule has 7 heteroatoms. The highest BCUT2D eigenvalue weighted by molar-refractivity contribution is 5.97. The van der Waals surface area contributed by atoms with Crippen LogP contribution in [0.25, 0.3) is 0 Å². The van der Waals surface area contributed by atoms with E-state index in [1.807, 2.05) is 13.8 Å². The van der Waals surface area contributed by atoms with Gasteiger partial charge in [-0.25, -0.2) is 4.39 Å². The molecule has 2 aromatic rings. The van der Waals surface area contributed by atoms with Crippen molar-refractivity contribution < 1.29 is 14.0 Å². The highest BCUT2D eigenvalue weighted by atomic mass is 19.1. The minimum absolute atomic E-state index is 0.116. The van der Waals surface area contributed by atoms with E-state index in [0.29, 0.717) is 23.4 Å². The molecule has 29 heavy (non-hydrogen) atoms. The number of aryl methyl sites for hydroxylation is 2. The standard InChI is InChI=1S/C22H31FN4O2/c1-14-12-17(26(7)25-14)20(29)27(22(5,6)13-21(2,3)4)18(19(24)28)15-8-10-16(23)11-9-15/h8-12,18H,13H2,1-7H3,(H2,24,28). The summed E-state index contributed by atoms with van der Waals surface area (Å²) < 4.78 is 15.0. The predicted molar refractivity (Wildman–Crippen MR) is 111 cm³/mol. The molecule has 1 aromatic heterocycles. The second kappa shape index (κ2) is 7.97. The van der Waals surface area contributed by atoms with Gasteiger partial charge in [0.2, 0.25) is 5.91 Å². The lowest BCUT2D eigenvalue weighted by atomic mass is 9.79. The molecule has 2 N–H and O–H groups in total. The zero-order valence-electron chi connectivity index (χ0n) is 18.3. The molecule has 0 aliphatic rings. The third kappa shape index (κ3) is 5.22. The molecule has 1 aromatic carbocycles. The maximum atomic E-state index is 13.7. The van der Waals surface area contributed by atoms with Crippen LogP contribution in [0.15, 0.2) is 30.3 Å². The Morgan fingerprint density at radius 2 is 1.72 bits per heavy atom. The van der Waals surface area contributed by atoms with Gasteiger partial charge >= 0.3 is 0 Å². The molecule has 0 saturated carbocycles. The number of carbonyl (C=O) groups excluding carboxylic acids is 2. The van der Waals surface area contributed by atoms with Crippen LogP contribution in [0.5, 0.6) is 0 Å².